The van der Waals surface area contributed by atoms with Crippen molar-refractivity contribution in [2.45, 2.75) is 17.9 Å². The van der Waals surface area contributed by atoms with Crippen LogP contribution in [0, 0.1) is 0 Å². The number of amides is 2. The Labute approximate surface area is 186 Å². The Morgan fingerprint density at radius 1 is 0.938 bits per heavy atom. The second-order valence-electron chi connectivity index (χ2n) is 6.81. The molecular formula is C23H23N3O5S. The molecule has 0 aromatic heterocycles. The second kappa shape index (κ2) is 9.97. The maximum absolute atomic E-state index is 12.6. The van der Waals surface area contributed by atoms with Crippen molar-refractivity contribution in [1.82, 2.24) is 5.32 Å². The Morgan fingerprint density at radius 2 is 1.56 bits per heavy atom. The summed E-state index contributed by atoms with van der Waals surface area (Å²) in [6.07, 6.45) is 0. The molecule has 9 heteroatoms. The van der Waals surface area contributed by atoms with Gasteiger partial charge in [-0.1, -0.05) is 30.3 Å². The third-order valence-corrected chi connectivity index (χ3v) is 5.93. The first-order valence-electron chi connectivity index (χ1n) is 9.81. The molecule has 166 valence electrons. The highest BCUT2D eigenvalue weighted by molar-refractivity contribution is 7.92. The SMILES string of the molecule is CCOc1ccc(S(=O)(=O)Nc2ccc(C(=O)NC(C(N)=O)c3ccccc3)cc2)cc1. The molecule has 0 aliphatic carbocycles. The van der Waals surface area contributed by atoms with Crippen LogP contribution < -0.4 is 20.5 Å². The van der Waals surface area contributed by atoms with E-state index < -0.39 is 27.9 Å². The third-order valence-electron chi connectivity index (χ3n) is 4.54. The Hall–Kier alpha value is -3.85. The molecule has 0 heterocycles. The molecule has 0 spiro atoms. The van der Waals surface area contributed by atoms with Crippen LogP contribution in [0.3, 0.4) is 0 Å². The van der Waals surface area contributed by atoms with E-state index in [0.29, 0.717) is 17.9 Å². The highest BCUT2D eigenvalue weighted by Crippen LogP contribution is 2.20. The molecule has 4 N–H and O–H groups in total. The van der Waals surface area contributed by atoms with Crippen LogP contribution in [0.1, 0.15) is 28.9 Å². The Kier molecular flexibility index (Phi) is 7.11. The molecule has 0 radical (unpaired) electrons. The van der Waals surface area contributed by atoms with Crippen molar-refractivity contribution < 1.29 is 22.7 Å². The van der Waals surface area contributed by atoms with Gasteiger partial charge in [0.1, 0.15) is 11.8 Å². The van der Waals surface area contributed by atoms with Gasteiger partial charge in [0.05, 0.1) is 11.5 Å². The maximum atomic E-state index is 12.6. The highest BCUT2D eigenvalue weighted by Gasteiger charge is 2.21. The number of carbonyl (C=O) groups is 2. The summed E-state index contributed by atoms with van der Waals surface area (Å²) in [5, 5.41) is 2.59. The van der Waals surface area contributed by atoms with Crippen LogP contribution in [-0.2, 0) is 14.8 Å². The van der Waals surface area contributed by atoms with Gasteiger partial charge in [0.25, 0.3) is 15.9 Å². The van der Waals surface area contributed by atoms with Crippen LogP contribution in [0.25, 0.3) is 0 Å². The molecular weight excluding hydrogens is 430 g/mol. The van der Waals surface area contributed by atoms with Gasteiger partial charge in [-0.2, -0.15) is 0 Å². The van der Waals surface area contributed by atoms with Gasteiger partial charge in [-0.3, -0.25) is 14.3 Å². The molecule has 1 atom stereocenters. The molecule has 3 rings (SSSR count). The first kappa shape index (κ1) is 22.8. The third kappa shape index (κ3) is 5.64. The molecule has 0 bridgehead atoms. The Bertz CT molecular complexity index is 1180. The molecule has 0 saturated carbocycles. The smallest absolute Gasteiger partial charge is 0.261 e. The van der Waals surface area contributed by atoms with Crippen molar-refractivity contribution in [2.75, 3.05) is 11.3 Å². The number of hydrogen-bond acceptors (Lipinski definition) is 5. The summed E-state index contributed by atoms with van der Waals surface area (Å²) in [6.45, 7) is 2.32. The van der Waals surface area contributed by atoms with E-state index in [-0.39, 0.29) is 16.1 Å². The lowest BCUT2D eigenvalue weighted by Crippen LogP contribution is -2.37. The summed E-state index contributed by atoms with van der Waals surface area (Å²) in [5.41, 5.74) is 6.52. The number of benzene rings is 3. The lowest BCUT2D eigenvalue weighted by molar-refractivity contribution is -0.120. The van der Waals surface area contributed by atoms with Crippen molar-refractivity contribution in [1.29, 1.82) is 0 Å². The molecule has 8 nitrogen and oxygen atoms in total. The molecule has 32 heavy (non-hydrogen) atoms. The summed E-state index contributed by atoms with van der Waals surface area (Å²) in [7, 11) is -3.81. The molecule has 0 aliphatic rings. The fourth-order valence-corrected chi connectivity index (χ4v) is 4.02. The highest BCUT2D eigenvalue weighted by atomic mass is 32.2. The molecule has 2 amide bonds. The minimum Gasteiger partial charge on any atom is -0.494 e. The first-order chi connectivity index (χ1) is 15.3. The number of nitrogens with one attached hydrogen (secondary N) is 2. The van der Waals surface area contributed by atoms with Crippen molar-refractivity contribution >= 4 is 27.5 Å². The van der Waals surface area contributed by atoms with Gasteiger partial charge in [0.2, 0.25) is 5.91 Å². The molecule has 0 fully saturated rings. The predicted molar refractivity (Wildman–Crippen MR) is 121 cm³/mol. The van der Waals surface area contributed by atoms with E-state index in [1.807, 2.05) is 6.92 Å². The fraction of sp³-hybridized carbons (Fsp3) is 0.130. The zero-order valence-electron chi connectivity index (χ0n) is 17.3. The van der Waals surface area contributed by atoms with E-state index in [1.165, 1.54) is 36.4 Å². The van der Waals surface area contributed by atoms with Gasteiger partial charge in [0.15, 0.2) is 0 Å². The largest absolute Gasteiger partial charge is 0.494 e. The quantitative estimate of drug-likeness (QED) is 0.459. The van der Waals surface area contributed by atoms with E-state index in [0.717, 1.165) is 0 Å². The van der Waals surface area contributed by atoms with Gasteiger partial charge in [-0.25, -0.2) is 8.42 Å². The number of primary amides is 1. The number of carbonyl (C=O) groups excluding carboxylic acids is 2. The van der Waals surface area contributed by atoms with Crippen LogP contribution >= 0.6 is 0 Å². The summed E-state index contributed by atoms with van der Waals surface area (Å²) >= 11 is 0. The molecule has 0 aliphatic heterocycles. The minimum absolute atomic E-state index is 0.0786. The van der Waals surface area contributed by atoms with Crippen molar-refractivity contribution in [2.24, 2.45) is 5.73 Å². The normalized spacial score (nSPS) is 11.9. The number of nitrogens with two attached hydrogens (primary N) is 1. The summed E-state index contributed by atoms with van der Waals surface area (Å²) in [6, 6.07) is 19.5. The zero-order chi connectivity index (χ0) is 23.1. The van der Waals surface area contributed by atoms with Crippen LogP contribution in [0.2, 0.25) is 0 Å². The van der Waals surface area contributed by atoms with Gasteiger partial charge in [-0.05, 0) is 61.0 Å². The van der Waals surface area contributed by atoms with Gasteiger partial charge in [0, 0.05) is 11.3 Å². The lowest BCUT2D eigenvalue weighted by Gasteiger charge is -2.16. The first-order valence-corrected chi connectivity index (χ1v) is 11.3. The van der Waals surface area contributed by atoms with Gasteiger partial charge in [-0.15, -0.1) is 0 Å². The second-order valence-corrected chi connectivity index (χ2v) is 8.49. The van der Waals surface area contributed by atoms with E-state index >= 15 is 0 Å². The molecule has 3 aromatic carbocycles. The Morgan fingerprint density at radius 3 is 2.12 bits per heavy atom. The zero-order valence-corrected chi connectivity index (χ0v) is 18.1. The van der Waals surface area contributed by atoms with E-state index in [1.54, 1.807) is 42.5 Å². The standard InChI is InChI=1S/C23H23N3O5S/c1-2-31-19-12-14-20(15-13-19)32(29,30)26-18-10-8-17(9-11-18)23(28)25-21(22(24)27)16-6-4-3-5-7-16/h3-15,21,26H,2H2,1H3,(H2,24,27)(H,25,28). The van der Waals surface area contributed by atoms with E-state index in [9.17, 15) is 18.0 Å². The van der Waals surface area contributed by atoms with Crippen molar-refractivity contribution in [3.05, 3.63) is 90.0 Å². The van der Waals surface area contributed by atoms with Gasteiger partial charge >= 0.3 is 0 Å². The number of anilines is 1. The minimum atomic E-state index is -3.81. The average Bonchev–Trinajstić information content (AvgIpc) is 2.78. The van der Waals surface area contributed by atoms with E-state index in [2.05, 4.69) is 10.0 Å². The van der Waals surface area contributed by atoms with Gasteiger partial charge < -0.3 is 15.8 Å². The van der Waals surface area contributed by atoms with Crippen molar-refractivity contribution in [3.63, 3.8) is 0 Å². The topological polar surface area (TPSA) is 128 Å². The van der Waals surface area contributed by atoms with Crippen LogP contribution in [0.15, 0.2) is 83.8 Å². The average molecular weight is 454 g/mol. The molecule has 3 aromatic rings. The number of ether oxygens (including phenoxy) is 1. The maximum Gasteiger partial charge on any atom is 0.261 e. The summed E-state index contributed by atoms with van der Waals surface area (Å²) in [4.78, 5) is 24.4. The fourth-order valence-electron chi connectivity index (χ4n) is 2.96. The van der Waals surface area contributed by atoms with Crippen LogP contribution in [-0.4, -0.2) is 26.8 Å². The number of rotatable bonds is 9. The van der Waals surface area contributed by atoms with Crippen LogP contribution in [0.4, 0.5) is 5.69 Å². The summed E-state index contributed by atoms with van der Waals surface area (Å²) in [5.74, 6) is -0.630. The monoisotopic (exact) mass is 453 g/mol. The molecule has 0 saturated heterocycles. The molecule has 1 unspecified atom stereocenters. The Balaban J connectivity index is 1.70. The van der Waals surface area contributed by atoms with Crippen molar-refractivity contribution in [3.8, 4) is 5.75 Å². The lowest BCUT2D eigenvalue weighted by atomic mass is 10.1. The number of sulfonamides is 1. The number of hydrogen-bond donors (Lipinski definition) is 3. The van der Waals surface area contributed by atoms with E-state index in [4.69, 9.17) is 10.5 Å². The summed E-state index contributed by atoms with van der Waals surface area (Å²) < 4.78 is 32.9. The predicted octanol–water partition coefficient (Wildman–Crippen LogP) is 2.84. The van der Waals surface area contributed by atoms with Crippen LogP contribution in [0.5, 0.6) is 5.75 Å².